The van der Waals surface area contributed by atoms with Crippen LogP contribution in [0.3, 0.4) is 0 Å². The van der Waals surface area contributed by atoms with Crippen LogP contribution in [0.5, 0.6) is 0 Å². The van der Waals surface area contributed by atoms with Crippen LogP contribution in [0, 0.1) is 0 Å². The van der Waals surface area contributed by atoms with Gasteiger partial charge in [0.05, 0.1) is 11.0 Å². The molecule has 0 bridgehead atoms. The summed E-state index contributed by atoms with van der Waals surface area (Å²) in [6.07, 6.45) is 10.8. The SMILES string of the molecule is C1=Cc2cc(-c3c4ccccc4c(-c4cncc(-c5ccc(-n6c7ccccc7c7ccccc76)cc5)c4)c4ccccc34)ccc2CC1. The molecule has 0 amide bonds. The third kappa shape index (κ3) is 4.45. The first kappa shape index (κ1) is 27.8. The van der Waals surface area contributed by atoms with Crippen molar-refractivity contribution in [1.29, 1.82) is 0 Å². The lowest BCUT2D eigenvalue weighted by molar-refractivity contribution is 0.986. The number of fused-ring (bicyclic) bond motifs is 6. The Bertz CT molecular complexity index is 2650. The average Bonchev–Trinajstić information content (AvgIpc) is 3.51. The van der Waals surface area contributed by atoms with E-state index in [9.17, 15) is 0 Å². The lowest BCUT2D eigenvalue weighted by atomic mass is 9.84. The molecule has 7 aromatic carbocycles. The molecule has 49 heavy (non-hydrogen) atoms. The number of allylic oxidation sites excluding steroid dienone is 1. The van der Waals surface area contributed by atoms with Gasteiger partial charge in [0.1, 0.15) is 0 Å². The predicted octanol–water partition coefficient (Wildman–Crippen LogP) is 12.4. The fraction of sp³-hybridized carbons (Fsp3) is 0.0426. The van der Waals surface area contributed by atoms with E-state index < -0.39 is 0 Å². The highest BCUT2D eigenvalue weighted by atomic mass is 15.0. The Hall–Kier alpha value is -6.25. The Morgan fingerprint density at radius 3 is 1.61 bits per heavy atom. The smallest absolute Gasteiger partial charge is 0.0541 e. The van der Waals surface area contributed by atoms with Gasteiger partial charge < -0.3 is 4.57 Å². The molecule has 2 aromatic heterocycles. The average molecular weight is 625 g/mol. The standard InChI is InChI=1S/C47H32N2/c1-2-12-33-27-34(22-21-31(33)11-1)46-40-15-3-5-17-42(40)47(43-18-6-4-16-41(43)46)36-28-35(29-48-30-36)32-23-25-37(26-24-32)49-44-19-9-7-13-38(44)39-14-8-10-20-45(39)49/h2-10,12-30H,1,11H2. The van der Waals surface area contributed by atoms with Crippen molar-refractivity contribution in [2.45, 2.75) is 12.8 Å². The van der Waals surface area contributed by atoms with Gasteiger partial charge in [-0.05, 0) is 104 Å². The fourth-order valence-electron chi connectivity index (χ4n) is 8.07. The maximum atomic E-state index is 4.82. The topological polar surface area (TPSA) is 17.8 Å². The zero-order valence-electron chi connectivity index (χ0n) is 27.0. The van der Waals surface area contributed by atoms with Crippen LogP contribution in [0.2, 0.25) is 0 Å². The molecule has 9 aromatic rings. The van der Waals surface area contributed by atoms with E-state index >= 15 is 0 Å². The van der Waals surface area contributed by atoms with Crippen LogP contribution >= 0.6 is 0 Å². The molecule has 1 aliphatic carbocycles. The number of aryl methyl sites for hydroxylation is 1. The molecule has 0 radical (unpaired) electrons. The van der Waals surface area contributed by atoms with Crippen molar-refractivity contribution in [2.24, 2.45) is 0 Å². The summed E-state index contributed by atoms with van der Waals surface area (Å²) in [5.74, 6) is 0. The molecule has 0 saturated carbocycles. The number of benzene rings is 7. The largest absolute Gasteiger partial charge is 0.309 e. The fourth-order valence-corrected chi connectivity index (χ4v) is 8.07. The molecular formula is C47H32N2. The second-order valence-electron chi connectivity index (χ2n) is 13.1. The van der Waals surface area contributed by atoms with Crippen molar-refractivity contribution in [3.05, 3.63) is 175 Å². The lowest BCUT2D eigenvalue weighted by Gasteiger charge is -2.19. The van der Waals surface area contributed by atoms with E-state index in [-0.39, 0.29) is 0 Å². The van der Waals surface area contributed by atoms with Crippen LogP contribution in [0.25, 0.3) is 88.5 Å². The summed E-state index contributed by atoms with van der Waals surface area (Å²) in [6, 6.07) is 53.3. The Morgan fingerprint density at radius 2 is 0.980 bits per heavy atom. The monoisotopic (exact) mass is 624 g/mol. The Balaban J connectivity index is 1.11. The Kier molecular flexibility index (Phi) is 6.35. The van der Waals surface area contributed by atoms with Crippen molar-refractivity contribution >= 4 is 49.4 Å². The predicted molar refractivity (Wildman–Crippen MR) is 207 cm³/mol. The van der Waals surface area contributed by atoms with Crippen molar-refractivity contribution in [3.8, 4) is 39.1 Å². The summed E-state index contributed by atoms with van der Waals surface area (Å²) >= 11 is 0. The first-order chi connectivity index (χ1) is 24.3. The maximum Gasteiger partial charge on any atom is 0.0541 e. The van der Waals surface area contributed by atoms with Crippen LogP contribution < -0.4 is 0 Å². The van der Waals surface area contributed by atoms with E-state index in [1.54, 1.807) is 0 Å². The van der Waals surface area contributed by atoms with Crippen LogP contribution in [-0.2, 0) is 6.42 Å². The van der Waals surface area contributed by atoms with Gasteiger partial charge in [0.25, 0.3) is 0 Å². The molecule has 10 rings (SSSR count). The van der Waals surface area contributed by atoms with Crippen molar-refractivity contribution in [1.82, 2.24) is 9.55 Å². The molecule has 2 heterocycles. The summed E-state index contributed by atoms with van der Waals surface area (Å²) in [5, 5.41) is 7.55. The van der Waals surface area contributed by atoms with Crippen molar-refractivity contribution in [2.75, 3.05) is 0 Å². The summed E-state index contributed by atoms with van der Waals surface area (Å²) in [7, 11) is 0. The molecule has 230 valence electrons. The van der Waals surface area contributed by atoms with E-state index in [4.69, 9.17) is 4.98 Å². The van der Waals surface area contributed by atoms with E-state index in [2.05, 4.69) is 162 Å². The van der Waals surface area contributed by atoms with Gasteiger partial charge in [0.2, 0.25) is 0 Å². The van der Waals surface area contributed by atoms with Crippen molar-refractivity contribution < 1.29 is 0 Å². The first-order valence-corrected chi connectivity index (χ1v) is 17.1. The second kappa shape index (κ2) is 11.2. The number of aromatic nitrogens is 2. The normalized spacial score (nSPS) is 12.7. The Labute approximate surface area is 285 Å². The molecule has 0 saturated heterocycles. The summed E-state index contributed by atoms with van der Waals surface area (Å²) < 4.78 is 2.36. The van der Waals surface area contributed by atoms with E-state index in [0.717, 1.165) is 35.2 Å². The van der Waals surface area contributed by atoms with Gasteiger partial charge in [-0.3, -0.25) is 4.98 Å². The van der Waals surface area contributed by atoms with E-state index in [0.29, 0.717) is 0 Å². The quantitative estimate of drug-likeness (QED) is 0.178. The number of pyridine rings is 1. The molecule has 0 atom stereocenters. The number of hydrogen-bond donors (Lipinski definition) is 0. The number of rotatable bonds is 4. The summed E-state index contributed by atoms with van der Waals surface area (Å²) in [5.41, 5.74) is 13.5. The molecule has 0 unspecified atom stereocenters. The molecule has 0 aliphatic heterocycles. The highest BCUT2D eigenvalue weighted by Crippen LogP contribution is 2.44. The van der Waals surface area contributed by atoms with Gasteiger partial charge in [0, 0.05) is 40.0 Å². The minimum atomic E-state index is 1.10. The minimum absolute atomic E-state index is 1.10. The number of hydrogen-bond acceptors (Lipinski definition) is 1. The van der Waals surface area contributed by atoms with Gasteiger partial charge in [-0.1, -0.05) is 121 Å². The van der Waals surface area contributed by atoms with Gasteiger partial charge >= 0.3 is 0 Å². The highest BCUT2D eigenvalue weighted by molar-refractivity contribution is 6.21. The van der Waals surface area contributed by atoms with Gasteiger partial charge in [-0.25, -0.2) is 0 Å². The van der Waals surface area contributed by atoms with Gasteiger partial charge in [-0.15, -0.1) is 0 Å². The van der Waals surface area contributed by atoms with Crippen molar-refractivity contribution in [3.63, 3.8) is 0 Å². The zero-order valence-corrected chi connectivity index (χ0v) is 27.0. The zero-order chi connectivity index (χ0) is 32.3. The van der Waals surface area contributed by atoms with E-state index in [1.165, 1.54) is 71.2 Å². The molecule has 0 fully saturated rings. The van der Waals surface area contributed by atoms with Crippen LogP contribution in [-0.4, -0.2) is 9.55 Å². The third-order valence-corrected chi connectivity index (χ3v) is 10.3. The van der Waals surface area contributed by atoms with Crippen LogP contribution in [0.1, 0.15) is 17.5 Å². The molecular weight excluding hydrogens is 593 g/mol. The Morgan fingerprint density at radius 1 is 0.449 bits per heavy atom. The van der Waals surface area contributed by atoms with Gasteiger partial charge in [-0.2, -0.15) is 0 Å². The lowest BCUT2D eigenvalue weighted by Crippen LogP contribution is -1.96. The second-order valence-corrected chi connectivity index (χ2v) is 13.1. The first-order valence-electron chi connectivity index (χ1n) is 17.1. The number of nitrogens with zero attached hydrogens (tertiary/aromatic N) is 2. The highest BCUT2D eigenvalue weighted by Gasteiger charge is 2.18. The molecule has 2 nitrogen and oxygen atoms in total. The van der Waals surface area contributed by atoms with Crippen LogP contribution in [0.4, 0.5) is 0 Å². The van der Waals surface area contributed by atoms with E-state index in [1.807, 2.05) is 12.4 Å². The van der Waals surface area contributed by atoms with Gasteiger partial charge in [0.15, 0.2) is 0 Å². The maximum absolute atomic E-state index is 4.82. The molecule has 0 spiro atoms. The molecule has 0 N–H and O–H groups in total. The van der Waals surface area contributed by atoms with Crippen LogP contribution in [0.15, 0.2) is 164 Å². The number of para-hydroxylation sites is 2. The third-order valence-electron chi connectivity index (χ3n) is 10.3. The molecule has 1 aliphatic rings. The summed E-state index contributed by atoms with van der Waals surface area (Å²) in [6.45, 7) is 0. The molecule has 2 heteroatoms. The minimum Gasteiger partial charge on any atom is -0.309 e. The summed E-state index contributed by atoms with van der Waals surface area (Å²) in [4.78, 5) is 4.82.